The molecular weight excluding hydrogens is 252 g/mol. The summed E-state index contributed by atoms with van der Waals surface area (Å²) in [4.78, 5) is 8.50. The summed E-state index contributed by atoms with van der Waals surface area (Å²) in [6.07, 6.45) is 1.54. The Morgan fingerprint density at radius 3 is 2.47 bits per heavy atom. The second-order valence-corrected chi connectivity index (χ2v) is 10.5. The fourth-order valence-electron chi connectivity index (χ4n) is 1.84. The van der Waals surface area contributed by atoms with Crippen LogP contribution in [0.15, 0.2) is 18.5 Å². The lowest BCUT2D eigenvalue weighted by Crippen LogP contribution is -2.38. The molecule has 0 spiro atoms. The molecule has 0 N–H and O–H groups in total. The third-order valence-corrected chi connectivity index (χ3v) is 4.88. The van der Waals surface area contributed by atoms with Gasteiger partial charge in [-0.2, -0.15) is 0 Å². The molecule has 5 heteroatoms. The van der Waals surface area contributed by atoms with Crippen molar-refractivity contribution in [3.63, 3.8) is 0 Å². The van der Waals surface area contributed by atoms with Crippen LogP contribution in [0.1, 0.15) is 0 Å². The first kappa shape index (κ1) is 12.3. The minimum absolute atomic E-state index is 0.581. The van der Waals surface area contributed by atoms with E-state index in [0.717, 1.165) is 10.9 Å². The molecular formula is C12H15ClN2OSi. The van der Waals surface area contributed by atoms with Gasteiger partial charge >= 0.3 is 0 Å². The molecule has 0 amide bonds. The molecule has 0 unspecified atom stereocenters. The van der Waals surface area contributed by atoms with E-state index in [0.29, 0.717) is 10.9 Å². The number of benzene rings is 1. The van der Waals surface area contributed by atoms with Gasteiger partial charge in [0.2, 0.25) is 5.88 Å². The highest BCUT2D eigenvalue weighted by molar-refractivity contribution is 6.90. The number of hydrogen-bond donors (Lipinski definition) is 0. The molecule has 0 aliphatic heterocycles. The summed E-state index contributed by atoms with van der Waals surface area (Å²) >= 11 is 6.17. The van der Waals surface area contributed by atoms with E-state index < -0.39 is 8.07 Å². The van der Waals surface area contributed by atoms with Gasteiger partial charge in [-0.15, -0.1) is 0 Å². The summed E-state index contributed by atoms with van der Waals surface area (Å²) in [5.74, 6) is 0.581. The van der Waals surface area contributed by atoms with E-state index in [4.69, 9.17) is 16.3 Å². The summed E-state index contributed by atoms with van der Waals surface area (Å²) in [7, 11) is 0.113. The van der Waals surface area contributed by atoms with E-state index in [1.54, 1.807) is 13.4 Å². The van der Waals surface area contributed by atoms with Crippen LogP contribution in [-0.2, 0) is 0 Å². The van der Waals surface area contributed by atoms with Crippen molar-refractivity contribution >= 4 is 35.8 Å². The maximum Gasteiger partial charge on any atom is 0.224 e. The Hall–Kier alpha value is -1.13. The zero-order valence-electron chi connectivity index (χ0n) is 10.4. The van der Waals surface area contributed by atoms with Gasteiger partial charge in [0, 0.05) is 5.02 Å². The third kappa shape index (κ3) is 2.28. The lowest BCUT2D eigenvalue weighted by Gasteiger charge is -2.19. The van der Waals surface area contributed by atoms with Gasteiger partial charge in [0.15, 0.2) is 0 Å². The van der Waals surface area contributed by atoms with Crippen molar-refractivity contribution in [1.29, 1.82) is 0 Å². The van der Waals surface area contributed by atoms with E-state index in [1.165, 1.54) is 5.19 Å². The molecule has 1 aromatic carbocycles. The van der Waals surface area contributed by atoms with Crippen LogP contribution in [0.3, 0.4) is 0 Å². The van der Waals surface area contributed by atoms with Crippen LogP contribution in [0.5, 0.6) is 5.88 Å². The normalized spacial score (nSPS) is 11.8. The van der Waals surface area contributed by atoms with Crippen molar-refractivity contribution in [3.8, 4) is 5.88 Å². The van der Waals surface area contributed by atoms with Crippen molar-refractivity contribution in [3.05, 3.63) is 23.5 Å². The molecule has 0 fully saturated rings. The van der Waals surface area contributed by atoms with Gasteiger partial charge in [-0.1, -0.05) is 31.2 Å². The SMILES string of the molecule is COc1ncnc2c([Si](C)(C)C)cc(Cl)cc12. The Bertz CT molecular complexity index is 566. The van der Waals surface area contributed by atoms with Gasteiger partial charge < -0.3 is 4.74 Å². The number of aromatic nitrogens is 2. The fourth-order valence-corrected chi connectivity index (χ4v) is 3.65. The Kier molecular flexibility index (Phi) is 3.10. The van der Waals surface area contributed by atoms with E-state index in [9.17, 15) is 0 Å². The Labute approximate surface area is 107 Å². The van der Waals surface area contributed by atoms with Crippen molar-refractivity contribution in [2.75, 3.05) is 7.11 Å². The van der Waals surface area contributed by atoms with Crippen LogP contribution in [0.25, 0.3) is 10.9 Å². The largest absolute Gasteiger partial charge is 0.480 e. The molecule has 1 aromatic heterocycles. The van der Waals surface area contributed by atoms with E-state index in [-0.39, 0.29) is 0 Å². The predicted octanol–water partition coefficient (Wildman–Crippen LogP) is 2.84. The summed E-state index contributed by atoms with van der Waals surface area (Å²) in [6.45, 7) is 6.81. The molecule has 0 aliphatic rings. The molecule has 2 aromatic rings. The molecule has 17 heavy (non-hydrogen) atoms. The molecule has 2 rings (SSSR count). The van der Waals surface area contributed by atoms with Crippen LogP contribution in [0.4, 0.5) is 0 Å². The third-order valence-electron chi connectivity index (χ3n) is 2.67. The average Bonchev–Trinajstić information content (AvgIpc) is 2.26. The number of methoxy groups -OCH3 is 1. The van der Waals surface area contributed by atoms with Gasteiger partial charge in [-0.25, -0.2) is 9.97 Å². The molecule has 1 heterocycles. The minimum atomic E-state index is -1.50. The first-order valence-corrected chi connectivity index (χ1v) is 9.30. The molecule has 0 bridgehead atoms. The maximum atomic E-state index is 6.17. The fraction of sp³-hybridized carbons (Fsp3) is 0.333. The number of fused-ring (bicyclic) bond motifs is 1. The summed E-state index contributed by atoms with van der Waals surface area (Å²) < 4.78 is 5.26. The van der Waals surface area contributed by atoms with Gasteiger partial charge in [-0.05, 0) is 17.3 Å². The van der Waals surface area contributed by atoms with E-state index in [1.807, 2.05) is 12.1 Å². The summed E-state index contributed by atoms with van der Waals surface area (Å²) in [6, 6.07) is 3.88. The highest BCUT2D eigenvalue weighted by atomic mass is 35.5. The summed E-state index contributed by atoms with van der Waals surface area (Å²) in [5.41, 5.74) is 0.959. The topological polar surface area (TPSA) is 35.0 Å². The van der Waals surface area contributed by atoms with E-state index >= 15 is 0 Å². The van der Waals surface area contributed by atoms with Crippen molar-refractivity contribution in [2.24, 2.45) is 0 Å². The van der Waals surface area contributed by atoms with Crippen molar-refractivity contribution in [1.82, 2.24) is 9.97 Å². The van der Waals surface area contributed by atoms with Gasteiger partial charge in [0.25, 0.3) is 0 Å². The van der Waals surface area contributed by atoms with Crippen molar-refractivity contribution in [2.45, 2.75) is 19.6 Å². The monoisotopic (exact) mass is 266 g/mol. The van der Waals surface area contributed by atoms with Crippen LogP contribution in [0.2, 0.25) is 24.7 Å². The first-order valence-electron chi connectivity index (χ1n) is 5.42. The van der Waals surface area contributed by atoms with Gasteiger partial charge in [0.1, 0.15) is 6.33 Å². The number of rotatable bonds is 2. The molecule has 0 aliphatic carbocycles. The van der Waals surface area contributed by atoms with Crippen LogP contribution >= 0.6 is 11.6 Å². The first-order chi connectivity index (χ1) is 7.93. The number of nitrogens with zero attached hydrogens (tertiary/aromatic N) is 2. The Balaban J connectivity index is 2.86. The highest BCUT2D eigenvalue weighted by Crippen LogP contribution is 2.25. The maximum absolute atomic E-state index is 6.17. The van der Waals surface area contributed by atoms with Crippen molar-refractivity contribution < 1.29 is 4.74 Å². The van der Waals surface area contributed by atoms with Crippen LogP contribution in [0, 0.1) is 0 Å². The molecule has 0 saturated heterocycles. The standard InChI is InChI=1S/C12H15ClN2OSi/c1-16-12-9-5-8(13)6-10(17(2,3)4)11(9)14-7-15-12/h5-7H,1-4H3. The second kappa shape index (κ2) is 4.27. The second-order valence-electron chi connectivity index (χ2n) is 4.98. The Morgan fingerprint density at radius 2 is 1.88 bits per heavy atom. The van der Waals surface area contributed by atoms with Gasteiger partial charge in [-0.3, -0.25) is 0 Å². The molecule has 3 nitrogen and oxygen atoms in total. The quantitative estimate of drug-likeness (QED) is 0.784. The molecule has 0 radical (unpaired) electrons. The Morgan fingerprint density at radius 1 is 1.18 bits per heavy atom. The average molecular weight is 267 g/mol. The zero-order valence-corrected chi connectivity index (χ0v) is 12.2. The van der Waals surface area contributed by atoms with Crippen LogP contribution < -0.4 is 9.92 Å². The number of halogens is 1. The number of hydrogen-bond acceptors (Lipinski definition) is 3. The lowest BCUT2D eigenvalue weighted by atomic mass is 10.2. The highest BCUT2D eigenvalue weighted by Gasteiger charge is 2.22. The van der Waals surface area contributed by atoms with Crippen LogP contribution in [-0.4, -0.2) is 25.2 Å². The lowest BCUT2D eigenvalue weighted by molar-refractivity contribution is 0.402. The number of ether oxygens (including phenoxy) is 1. The molecule has 90 valence electrons. The van der Waals surface area contributed by atoms with E-state index in [2.05, 4.69) is 29.6 Å². The predicted molar refractivity (Wildman–Crippen MR) is 74.1 cm³/mol. The molecule has 0 saturated carbocycles. The summed E-state index contributed by atoms with van der Waals surface area (Å²) in [5, 5.41) is 2.84. The smallest absolute Gasteiger partial charge is 0.224 e. The van der Waals surface area contributed by atoms with Gasteiger partial charge in [0.05, 0.1) is 26.1 Å². The molecule has 0 atom stereocenters. The zero-order chi connectivity index (χ0) is 12.6. The minimum Gasteiger partial charge on any atom is -0.480 e.